The van der Waals surface area contributed by atoms with E-state index in [9.17, 15) is 0 Å². The van der Waals surface area contributed by atoms with Gasteiger partial charge in [-0.2, -0.15) is 4.98 Å². The van der Waals surface area contributed by atoms with E-state index in [1.807, 2.05) is 12.1 Å². The van der Waals surface area contributed by atoms with E-state index in [0.29, 0.717) is 11.7 Å². The van der Waals surface area contributed by atoms with E-state index in [0.717, 1.165) is 16.6 Å². The first-order valence-corrected chi connectivity index (χ1v) is 6.54. The molecular formula is C12H12N2O2S. The lowest BCUT2D eigenvalue weighted by Gasteiger charge is -1.97. The Hall–Kier alpha value is -1.49. The summed E-state index contributed by atoms with van der Waals surface area (Å²) in [6.07, 6.45) is 2.35. The van der Waals surface area contributed by atoms with Gasteiger partial charge < -0.3 is 9.63 Å². The van der Waals surface area contributed by atoms with Crippen LogP contribution in [0.25, 0.3) is 0 Å². The van der Waals surface area contributed by atoms with Crippen molar-refractivity contribution in [2.75, 3.05) is 0 Å². The Bertz CT molecular complexity index is 505. The molecule has 0 radical (unpaired) electrons. The van der Waals surface area contributed by atoms with Crippen LogP contribution in [0.2, 0.25) is 0 Å². The summed E-state index contributed by atoms with van der Waals surface area (Å²) in [5, 5.41) is 13.1. The van der Waals surface area contributed by atoms with Gasteiger partial charge in [0.15, 0.2) is 5.82 Å². The molecule has 2 aromatic rings. The van der Waals surface area contributed by atoms with Crippen LogP contribution in [-0.4, -0.2) is 15.2 Å². The van der Waals surface area contributed by atoms with Crippen LogP contribution in [0.5, 0.6) is 5.75 Å². The predicted molar refractivity (Wildman–Crippen MR) is 63.9 cm³/mol. The van der Waals surface area contributed by atoms with Crippen LogP contribution in [-0.2, 0) is 5.75 Å². The smallest absolute Gasteiger partial charge is 0.229 e. The van der Waals surface area contributed by atoms with Crippen molar-refractivity contribution in [2.45, 2.75) is 29.4 Å². The molecule has 1 aliphatic rings. The van der Waals surface area contributed by atoms with Crippen LogP contribution in [0.15, 0.2) is 33.7 Å². The van der Waals surface area contributed by atoms with Crippen LogP contribution < -0.4 is 0 Å². The fourth-order valence-electron chi connectivity index (χ4n) is 1.51. The zero-order valence-corrected chi connectivity index (χ0v) is 9.98. The topological polar surface area (TPSA) is 59.2 Å². The summed E-state index contributed by atoms with van der Waals surface area (Å²) in [5.41, 5.74) is 0. The maximum atomic E-state index is 9.16. The summed E-state index contributed by atoms with van der Waals surface area (Å²) < 4.78 is 5.18. The van der Waals surface area contributed by atoms with E-state index in [-0.39, 0.29) is 5.75 Å². The fraction of sp³-hybridized carbons (Fsp3) is 0.333. The fourth-order valence-corrected chi connectivity index (χ4v) is 2.25. The van der Waals surface area contributed by atoms with Crippen LogP contribution in [0.4, 0.5) is 0 Å². The number of hydrogen-bond acceptors (Lipinski definition) is 5. The number of benzene rings is 1. The van der Waals surface area contributed by atoms with E-state index in [1.165, 1.54) is 12.8 Å². The Kier molecular flexibility index (Phi) is 2.76. The third-order valence-corrected chi connectivity index (χ3v) is 3.62. The summed E-state index contributed by atoms with van der Waals surface area (Å²) in [4.78, 5) is 5.44. The van der Waals surface area contributed by atoms with Gasteiger partial charge in [0.25, 0.3) is 0 Å². The molecule has 17 heavy (non-hydrogen) atoms. The summed E-state index contributed by atoms with van der Waals surface area (Å²) in [7, 11) is 0. The quantitative estimate of drug-likeness (QED) is 0.843. The predicted octanol–water partition coefficient (Wildman–Crippen LogP) is 2.94. The minimum absolute atomic E-state index is 0.282. The molecule has 88 valence electrons. The largest absolute Gasteiger partial charge is 0.508 e. The van der Waals surface area contributed by atoms with Crippen molar-refractivity contribution in [1.29, 1.82) is 0 Å². The van der Waals surface area contributed by atoms with E-state index in [2.05, 4.69) is 10.1 Å². The number of nitrogens with zero attached hydrogens (tertiary/aromatic N) is 2. The average Bonchev–Trinajstić information content (AvgIpc) is 3.09. The van der Waals surface area contributed by atoms with Gasteiger partial charge in [0.1, 0.15) is 5.75 Å². The van der Waals surface area contributed by atoms with E-state index >= 15 is 0 Å². The molecule has 0 spiro atoms. The maximum absolute atomic E-state index is 9.16. The normalized spacial score (nSPS) is 15.1. The first-order valence-electron chi connectivity index (χ1n) is 5.55. The van der Waals surface area contributed by atoms with E-state index in [4.69, 9.17) is 9.63 Å². The second-order valence-corrected chi connectivity index (χ2v) is 5.15. The van der Waals surface area contributed by atoms with Crippen molar-refractivity contribution in [3.63, 3.8) is 0 Å². The highest BCUT2D eigenvalue weighted by molar-refractivity contribution is 7.98. The van der Waals surface area contributed by atoms with E-state index in [1.54, 1.807) is 23.9 Å². The molecule has 0 bridgehead atoms. The van der Waals surface area contributed by atoms with Gasteiger partial charge in [0, 0.05) is 10.8 Å². The number of rotatable bonds is 4. The van der Waals surface area contributed by atoms with Crippen molar-refractivity contribution in [3.8, 4) is 5.75 Å². The Labute approximate surface area is 103 Å². The summed E-state index contributed by atoms with van der Waals surface area (Å²) >= 11 is 1.63. The van der Waals surface area contributed by atoms with Gasteiger partial charge in [-0.25, -0.2) is 0 Å². The molecule has 1 saturated carbocycles. The van der Waals surface area contributed by atoms with Crippen LogP contribution in [0.1, 0.15) is 30.5 Å². The Morgan fingerprint density at radius 1 is 1.29 bits per heavy atom. The molecule has 1 heterocycles. The van der Waals surface area contributed by atoms with Gasteiger partial charge in [-0.1, -0.05) is 5.16 Å². The molecule has 0 amide bonds. The summed E-state index contributed by atoms with van der Waals surface area (Å²) in [5.74, 6) is 3.01. The second-order valence-electron chi connectivity index (χ2n) is 4.11. The van der Waals surface area contributed by atoms with Crippen LogP contribution >= 0.6 is 11.8 Å². The van der Waals surface area contributed by atoms with Gasteiger partial charge >= 0.3 is 0 Å². The lowest BCUT2D eigenvalue weighted by Crippen LogP contribution is -1.84. The third kappa shape index (κ3) is 2.61. The first-order chi connectivity index (χ1) is 8.31. The molecule has 0 atom stereocenters. The standard InChI is InChI=1S/C12H12N2O2S/c15-9-3-5-10(6-4-9)17-7-11-13-12(16-14-11)8-1-2-8/h3-6,8,15H,1-2,7H2. The molecule has 1 aromatic heterocycles. The molecule has 1 fully saturated rings. The van der Waals surface area contributed by atoms with Crippen molar-refractivity contribution in [2.24, 2.45) is 0 Å². The number of thioether (sulfide) groups is 1. The van der Waals surface area contributed by atoms with Gasteiger partial charge in [0.05, 0.1) is 5.75 Å². The molecule has 1 aliphatic carbocycles. The lowest BCUT2D eigenvalue weighted by molar-refractivity contribution is 0.375. The molecule has 1 N–H and O–H groups in total. The Morgan fingerprint density at radius 3 is 2.76 bits per heavy atom. The van der Waals surface area contributed by atoms with Crippen molar-refractivity contribution in [1.82, 2.24) is 10.1 Å². The highest BCUT2D eigenvalue weighted by Crippen LogP contribution is 2.39. The molecule has 0 saturated heterocycles. The van der Waals surface area contributed by atoms with Crippen molar-refractivity contribution in [3.05, 3.63) is 36.0 Å². The lowest BCUT2D eigenvalue weighted by atomic mass is 10.3. The zero-order chi connectivity index (χ0) is 11.7. The molecule has 4 nitrogen and oxygen atoms in total. The molecule has 5 heteroatoms. The van der Waals surface area contributed by atoms with Gasteiger partial charge in [0.2, 0.25) is 5.89 Å². The number of aromatic nitrogens is 2. The second kappa shape index (κ2) is 4.41. The Balaban J connectivity index is 1.60. The average molecular weight is 248 g/mol. The molecule has 0 aliphatic heterocycles. The molecule has 0 unspecified atom stereocenters. The monoisotopic (exact) mass is 248 g/mol. The van der Waals surface area contributed by atoms with E-state index < -0.39 is 0 Å². The van der Waals surface area contributed by atoms with Gasteiger partial charge in [-0.05, 0) is 37.1 Å². The van der Waals surface area contributed by atoms with Crippen molar-refractivity contribution < 1.29 is 9.63 Å². The summed E-state index contributed by atoms with van der Waals surface area (Å²) in [6, 6.07) is 7.10. The first kappa shape index (κ1) is 10.7. The molecule has 1 aromatic carbocycles. The number of hydrogen-bond donors (Lipinski definition) is 1. The minimum Gasteiger partial charge on any atom is -0.508 e. The van der Waals surface area contributed by atoms with Gasteiger partial charge in [-0.3, -0.25) is 0 Å². The molecular weight excluding hydrogens is 236 g/mol. The third-order valence-electron chi connectivity index (χ3n) is 2.62. The van der Waals surface area contributed by atoms with Gasteiger partial charge in [-0.15, -0.1) is 11.8 Å². The Morgan fingerprint density at radius 2 is 2.06 bits per heavy atom. The highest BCUT2D eigenvalue weighted by Gasteiger charge is 2.29. The highest BCUT2D eigenvalue weighted by atomic mass is 32.2. The zero-order valence-electron chi connectivity index (χ0n) is 9.17. The van der Waals surface area contributed by atoms with Crippen LogP contribution in [0.3, 0.4) is 0 Å². The number of aromatic hydroxyl groups is 1. The molecule has 3 rings (SSSR count). The summed E-state index contributed by atoms with van der Waals surface area (Å²) in [6.45, 7) is 0. The number of phenols is 1. The van der Waals surface area contributed by atoms with Crippen LogP contribution in [0, 0.1) is 0 Å². The number of phenolic OH excluding ortho intramolecular Hbond substituents is 1. The van der Waals surface area contributed by atoms with Crippen molar-refractivity contribution >= 4 is 11.8 Å². The maximum Gasteiger partial charge on any atom is 0.229 e. The minimum atomic E-state index is 0.282. The SMILES string of the molecule is Oc1ccc(SCc2noc(C3CC3)n2)cc1.